The molecule has 1 atom stereocenters. The quantitative estimate of drug-likeness (QED) is 0.614. The van der Waals surface area contributed by atoms with Crippen molar-refractivity contribution >= 4 is 5.82 Å². The number of nitrogens with zero attached hydrogens (tertiary/aromatic N) is 3. The Hall–Kier alpha value is -3.63. The topological polar surface area (TPSA) is 81.2 Å². The highest BCUT2D eigenvalue weighted by Crippen LogP contribution is 2.27. The molecule has 4 rings (SSSR count). The van der Waals surface area contributed by atoms with E-state index in [1.807, 2.05) is 36.4 Å². The number of benzene rings is 1. The van der Waals surface area contributed by atoms with E-state index in [4.69, 9.17) is 9.47 Å². The van der Waals surface area contributed by atoms with Gasteiger partial charge in [-0.05, 0) is 61.7 Å². The molecule has 0 bridgehead atoms. The van der Waals surface area contributed by atoms with Crippen molar-refractivity contribution in [3.8, 4) is 29.2 Å². The molecule has 0 radical (unpaired) electrons. The van der Waals surface area contributed by atoms with E-state index in [1.165, 1.54) is 6.42 Å². The fourth-order valence-electron chi connectivity index (χ4n) is 3.10. The molecule has 0 spiro atoms. The van der Waals surface area contributed by atoms with Crippen LogP contribution in [0.25, 0.3) is 0 Å². The summed E-state index contributed by atoms with van der Waals surface area (Å²) in [4.78, 5) is 13.2. The van der Waals surface area contributed by atoms with E-state index in [-0.39, 0.29) is 0 Å². The van der Waals surface area contributed by atoms with Crippen molar-refractivity contribution in [2.45, 2.75) is 18.9 Å². The number of hydrogen-bond donors (Lipinski definition) is 2. The third kappa shape index (κ3) is 5.25. The van der Waals surface area contributed by atoms with Gasteiger partial charge in [-0.1, -0.05) is 5.92 Å². The molecule has 1 aliphatic rings. The van der Waals surface area contributed by atoms with Gasteiger partial charge >= 0.3 is 0 Å². The highest BCUT2D eigenvalue weighted by atomic mass is 16.5. The van der Waals surface area contributed by atoms with Gasteiger partial charge in [-0.3, -0.25) is 4.98 Å². The molecule has 152 valence electrons. The van der Waals surface area contributed by atoms with E-state index in [1.54, 1.807) is 25.7 Å². The molecule has 3 aromatic rings. The predicted octanol–water partition coefficient (Wildman–Crippen LogP) is 3.24. The number of aromatic nitrogens is 3. The normalized spacial score (nSPS) is 15.2. The van der Waals surface area contributed by atoms with Crippen LogP contribution in [0.4, 0.5) is 5.82 Å². The molecular formula is C23H23N5O2. The second-order valence-electron chi connectivity index (χ2n) is 6.85. The third-order valence-electron chi connectivity index (χ3n) is 4.69. The van der Waals surface area contributed by atoms with E-state index in [2.05, 4.69) is 37.4 Å². The molecule has 0 amide bonds. The zero-order chi connectivity index (χ0) is 20.6. The van der Waals surface area contributed by atoms with Gasteiger partial charge in [-0.25, -0.2) is 4.98 Å². The van der Waals surface area contributed by atoms with E-state index in [0.717, 1.165) is 30.8 Å². The molecule has 2 aromatic heterocycles. The van der Waals surface area contributed by atoms with Gasteiger partial charge in [0.15, 0.2) is 5.82 Å². The molecule has 1 saturated heterocycles. The van der Waals surface area contributed by atoms with Gasteiger partial charge in [-0.2, -0.15) is 4.98 Å². The van der Waals surface area contributed by atoms with E-state index in [0.29, 0.717) is 29.2 Å². The van der Waals surface area contributed by atoms with Crippen LogP contribution < -0.4 is 20.1 Å². The summed E-state index contributed by atoms with van der Waals surface area (Å²) in [7, 11) is 1.63. The Balaban J connectivity index is 1.57. The van der Waals surface area contributed by atoms with Crippen LogP contribution >= 0.6 is 0 Å². The van der Waals surface area contributed by atoms with Crippen molar-refractivity contribution in [2.24, 2.45) is 0 Å². The van der Waals surface area contributed by atoms with Crippen LogP contribution in [-0.2, 0) is 0 Å². The van der Waals surface area contributed by atoms with E-state index in [9.17, 15) is 0 Å². The van der Waals surface area contributed by atoms with Gasteiger partial charge in [0.1, 0.15) is 17.2 Å². The summed E-state index contributed by atoms with van der Waals surface area (Å²) in [6.07, 6.45) is 7.40. The van der Waals surface area contributed by atoms with Crippen molar-refractivity contribution in [3.63, 3.8) is 0 Å². The first-order chi connectivity index (χ1) is 14.8. The number of ether oxygens (including phenoxy) is 2. The lowest BCUT2D eigenvalue weighted by atomic mass is 10.2. The standard InChI is InChI=1S/C23H23N5O2/c1-29-20-8-10-21(11-9-20)30-23-22(26-15-18-5-3-13-25-18)27-16-19(28-23)7-6-17-4-2-12-24-14-17/h2,4,8-12,14,16,18,25H,3,5,13,15H2,1H3,(H,26,27)/t18-/m0/s1. The lowest BCUT2D eigenvalue weighted by molar-refractivity contribution is 0.412. The SMILES string of the molecule is COc1ccc(Oc2nc(C#Cc3cccnc3)cnc2NC[C@@H]2CCCN2)cc1. The monoisotopic (exact) mass is 401 g/mol. The number of pyridine rings is 1. The summed E-state index contributed by atoms with van der Waals surface area (Å²) >= 11 is 0. The number of nitrogens with one attached hydrogen (secondary N) is 2. The number of anilines is 1. The van der Waals surface area contributed by atoms with Crippen LogP contribution in [0.2, 0.25) is 0 Å². The first-order valence-electron chi connectivity index (χ1n) is 9.88. The first kappa shape index (κ1) is 19.7. The Morgan fingerprint density at radius 2 is 2.00 bits per heavy atom. The molecule has 7 heteroatoms. The summed E-state index contributed by atoms with van der Waals surface area (Å²) in [5, 5.41) is 6.82. The molecule has 7 nitrogen and oxygen atoms in total. The summed E-state index contributed by atoms with van der Waals surface area (Å²) in [5.41, 5.74) is 1.33. The summed E-state index contributed by atoms with van der Waals surface area (Å²) in [5.74, 6) is 8.45. The second-order valence-corrected chi connectivity index (χ2v) is 6.85. The minimum absolute atomic E-state index is 0.385. The molecule has 2 N–H and O–H groups in total. The molecular weight excluding hydrogens is 378 g/mol. The molecule has 0 saturated carbocycles. The van der Waals surface area contributed by atoms with Crippen LogP contribution in [0.3, 0.4) is 0 Å². The molecule has 1 aromatic carbocycles. The van der Waals surface area contributed by atoms with Gasteiger partial charge in [0.25, 0.3) is 5.88 Å². The molecule has 1 fully saturated rings. The molecule has 1 aliphatic heterocycles. The Labute approximate surface area is 175 Å². The van der Waals surface area contributed by atoms with Crippen molar-refractivity contribution in [1.29, 1.82) is 0 Å². The zero-order valence-corrected chi connectivity index (χ0v) is 16.8. The molecule has 30 heavy (non-hydrogen) atoms. The summed E-state index contributed by atoms with van der Waals surface area (Å²) in [6, 6.07) is 11.5. The Bertz CT molecular complexity index is 1020. The number of rotatable bonds is 6. The van der Waals surface area contributed by atoms with E-state index >= 15 is 0 Å². The van der Waals surface area contributed by atoms with Crippen LogP contribution in [0, 0.1) is 11.8 Å². The Kier molecular flexibility index (Phi) is 6.38. The highest BCUT2D eigenvalue weighted by molar-refractivity contribution is 5.50. The Morgan fingerprint density at radius 3 is 2.73 bits per heavy atom. The lowest BCUT2D eigenvalue weighted by Crippen LogP contribution is -2.29. The smallest absolute Gasteiger partial charge is 0.264 e. The largest absolute Gasteiger partial charge is 0.497 e. The average Bonchev–Trinajstić information content (AvgIpc) is 3.32. The number of hydrogen-bond acceptors (Lipinski definition) is 7. The van der Waals surface area contributed by atoms with Crippen LogP contribution in [0.1, 0.15) is 24.1 Å². The predicted molar refractivity (Wildman–Crippen MR) is 115 cm³/mol. The maximum atomic E-state index is 6.02. The Morgan fingerprint density at radius 1 is 1.13 bits per heavy atom. The van der Waals surface area contributed by atoms with Crippen molar-refractivity contribution in [3.05, 3.63) is 66.2 Å². The van der Waals surface area contributed by atoms with Crippen molar-refractivity contribution < 1.29 is 9.47 Å². The maximum Gasteiger partial charge on any atom is 0.264 e. The zero-order valence-electron chi connectivity index (χ0n) is 16.8. The van der Waals surface area contributed by atoms with Gasteiger partial charge in [0, 0.05) is 30.5 Å². The highest BCUT2D eigenvalue weighted by Gasteiger charge is 2.16. The average molecular weight is 401 g/mol. The fourth-order valence-corrected chi connectivity index (χ4v) is 3.10. The van der Waals surface area contributed by atoms with Crippen LogP contribution in [0.15, 0.2) is 55.0 Å². The third-order valence-corrected chi connectivity index (χ3v) is 4.69. The van der Waals surface area contributed by atoms with Gasteiger partial charge in [-0.15, -0.1) is 0 Å². The summed E-state index contributed by atoms with van der Waals surface area (Å²) in [6.45, 7) is 1.81. The van der Waals surface area contributed by atoms with E-state index < -0.39 is 0 Å². The van der Waals surface area contributed by atoms with Crippen molar-refractivity contribution in [1.82, 2.24) is 20.3 Å². The first-order valence-corrected chi connectivity index (χ1v) is 9.88. The van der Waals surface area contributed by atoms with Gasteiger partial charge in [0.05, 0.1) is 13.3 Å². The van der Waals surface area contributed by atoms with Crippen molar-refractivity contribution in [2.75, 3.05) is 25.5 Å². The molecule has 3 heterocycles. The minimum Gasteiger partial charge on any atom is -0.497 e. The fraction of sp³-hybridized carbons (Fsp3) is 0.261. The second kappa shape index (κ2) is 9.72. The van der Waals surface area contributed by atoms with Crippen LogP contribution in [0.5, 0.6) is 17.4 Å². The summed E-state index contributed by atoms with van der Waals surface area (Å²) < 4.78 is 11.2. The van der Waals surface area contributed by atoms with Gasteiger partial charge in [0.2, 0.25) is 0 Å². The number of methoxy groups -OCH3 is 1. The molecule has 0 unspecified atom stereocenters. The lowest BCUT2D eigenvalue weighted by Gasteiger charge is -2.14. The minimum atomic E-state index is 0.385. The maximum absolute atomic E-state index is 6.02. The van der Waals surface area contributed by atoms with Crippen LogP contribution in [-0.4, -0.2) is 41.2 Å². The van der Waals surface area contributed by atoms with Gasteiger partial charge < -0.3 is 20.1 Å². The molecule has 0 aliphatic carbocycles.